The Labute approximate surface area is 278 Å². The lowest BCUT2D eigenvalue weighted by molar-refractivity contribution is -0.217. The van der Waals surface area contributed by atoms with E-state index in [1.165, 1.54) is 16.0 Å². The van der Waals surface area contributed by atoms with Crippen molar-refractivity contribution in [1.82, 2.24) is 20.6 Å². The predicted molar refractivity (Wildman–Crippen MR) is 169 cm³/mol. The molecule has 2 aromatic carbocycles. The minimum absolute atomic E-state index is 0.00594. The Bertz CT molecular complexity index is 1620. The molecule has 13 heteroatoms. The number of fused-ring (bicyclic) bond motifs is 5. The van der Waals surface area contributed by atoms with E-state index in [1.807, 2.05) is 48.5 Å². The lowest BCUT2D eigenvalue weighted by Gasteiger charge is -2.48. The first-order chi connectivity index (χ1) is 23.1. The normalized spacial score (nSPS) is 29.4. The number of nitrogens with zero attached hydrogens (tertiary/aromatic N) is 2. The van der Waals surface area contributed by atoms with Crippen LogP contribution < -0.4 is 10.6 Å². The highest BCUT2D eigenvalue weighted by atomic mass is 16.8. The summed E-state index contributed by atoms with van der Waals surface area (Å²) in [5.41, 5.74) is 2.36. The number of amides is 3. The molecule has 13 nitrogen and oxygen atoms in total. The Hall–Kier alpha value is -4.14. The predicted octanol–water partition coefficient (Wildman–Crippen LogP) is 0.482. The Balaban J connectivity index is 1.20. The van der Waals surface area contributed by atoms with Gasteiger partial charge in [-0.25, -0.2) is 0 Å². The third-order valence-corrected chi connectivity index (χ3v) is 10.0. The van der Waals surface area contributed by atoms with Gasteiger partial charge in [0.25, 0.3) is 0 Å². The number of carbonyl (C=O) groups is 4. The molecule has 254 valence electrons. The van der Waals surface area contributed by atoms with Crippen LogP contribution in [0.5, 0.6) is 0 Å². The number of hydroxylamine groups is 2. The number of hydrogen-bond acceptors (Lipinski definition) is 10. The van der Waals surface area contributed by atoms with Gasteiger partial charge in [0, 0.05) is 58.9 Å². The summed E-state index contributed by atoms with van der Waals surface area (Å²) in [5, 5.41) is 16.0. The van der Waals surface area contributed by atoms with Crippen LogP contribution in [0.4, 0.5) is 0 Å². The number of benzene rings is 2. The summed E-state index contributed by atoms with van der Waals surface area (Å²) >= 11 is 0. The van der Waals surface area contributed by atoms with Gasteiger partial charge in [-0.05, 0) is 28.3 Å². The SMILES string of the molecule is CN(C)C(=O)C=Cc1ccccc1CN1OC2C3OC4(Cc5ccccc5C4)OC3C3CC2(C(=O)NCCC(=O)NCCO)C1C(=O)O3. The molecule has 3 saturated heterocycles. The molecular weight excluding hydrogens is 620 g/mol. The molecule has 2 aliphatic carbocycles. The second kappa shape index (κ2) is 12.7. The molecule has 4 fully saturated rings. The second-order valence-electron chi connectivity index (χ2n) is 13.3. The fourth-order valence-electron chi connectivity index (χ4n) is 7.82. The summed E-state index contributed by atoms with van der Waals surface area (Å²) in [7, 11) is 3.34. The summed E-state index contributed by atoms with van der Waals surface area (Å²) < 4.78 is 19.5. The monoisotopic (exact) mass is 660 g/mol. The van der Waals surface area contributed by atoms with Crippen LogP contribution in [-0.4, -0.2) is 109 Å². The van der Waals surface area contributed by atoms with E-state index in [0.717, 1.165) is 22.3 Å². The molecule has 2 aromatic rings. The highest BCUT2D eigenvalue weighted by molar-refractivity contribution is 5.94. The van der Waals surface area contributed by atoms with Crippen molar-refractivity contribution in [2.24, 2.45) is 5.41 Å². The number of carbonyl (C=O) groups excluding carboxylic acids is 4. The Morgan fingerprint density at radius 1 is 1.00 bits per heavy atom. The van der Waals surface area contributed by atoms with E-state index in [0.29, 0.717) is 12.8 Å². The minimum atomic E-state index is -1.39. The third-order valence-electron chi connectivity index (χ3n) is 10.0. The van der Waals surface area contributed by atoms with Gasteiger partial charge in [0.2, 0.25) is 17.7 Å². The number of likely N-dealkylation sites (N-methyl/N-ethyl adjacent to an activating group) is 1. The fourth-order valence-corrected chi connectivity index (χ4v) is 7.82. The Kier molecular flexibility index (Phi) is 8.58. The van der Waals surface area contributed by atoms with Gasteiger partial charge in [-0.3, -0.25) is 24.0 Å². The van der Waals surface area contributed by atoms with E-state index in [9.17, 15) is 19.2 Å². The second-order valence-corrected chi connectivity index (χ2v) is 13.3. The standard InChI is InChI=1S/C35H40N4O9/c1-38(2)27(42)12-11-21-7-3-6-10-24(21)20-39-30-32(43)45-25-19-35(30,33(44)37-14-13-26(41)36-15-16-40)31(48-39)29-28(25)46-34(47-29)17-22-8-4-5-9-23(22)18-34/h3-12,25,28-31,40H,13-20H2,1-2H3,(H,36,41)(H,37,44). The van der Waals surface area contributed by atoms with Crippen molar-refractivity contribution in [2.75, 3.05) is 33.8 Å². The number of aliphatic hydroxyl groups is 1. The average Bonchev–Trinajstić information content (AvgIpc) is 3.74. The molecule has 3 heterocycles. The third kappa shape index (κ3) is 5.59. The topological polar surface area (TPSA) is 156 Å². The Morgan fingerprint density at radius 3 is 2.44 bits per heavy atom. The highest BCUT2D eigenvalue weighted by Gasteiger charge is 2.76. The molecule has 3 N–H and O–H groups in total. The van der Waals surface area contributed by atoms with Crippen molar-refractivity contribution in [1.29, 1.82) is 0 Å². The zero-order valence-electron chi connectivity index (χ0n) is 26.9. The summed E-state index contributed by atoms with van der Waals surface area (Å²) in [6.45, 7) is 0.0623. The van der Waals surface area contributed by atoms with Crippen molar-refractivity contribution >= 4 is 29.8 Å². The first kappa shape index (κ1) is 32.4. The number of rotatable bonds is 10. The van der Waals surface area contributed by atoms with Crippen LogP contribution >= 0.6 is 0 Å². The molecule has 0 aromatic heterocycles. The van der Waals surface area contributed by atoms with E-state index in [1.54, 1.807) is 20.2 Å². The van der Waals surface area contributed by atoms with Crippen LogP contribution in [0.1, 0.15) is 35.1 Å². The van der Waals surface area contributed by atoms with Crippen molar-refractivity contribution in [3.63, 3.8) is 0 Å². The van der Waals surface area contributed by atoms with E-state index in [-0.39, 0.29) is 50.9 Å². The summed E-state index contributed by atoms with van der Waals surface area (Å²) in [4.78, 5) is 61.0. The molecule has 6 unspecified atom stereocenters. The summed E-state index contributed by atoms with van der Waals surface area (Å²) in [6, 6.07) is 14.4. The molecular formula is C35H40N4O9. The van der Waals surface area contributed by atoms with E-state index < -0.39 is 53.5 Å². The maximum atomic E-state index is 14.4. The number of hydrogen-bond donors (Lipinski definition) is 3. The van der Waals surface area contributed by atoms with Crippen molar-refractivity contribution in [2.45, 2.75) is 68.5 Å². The number of nitrogens with one attached hydrogen (secondary N) is 2. The summed E-state index contributed by atoms with van der Waals surface area (Å²) in [5.74, 6) is -2.51. The average molecular weight is 661 g/mol. The molecule has 7 rings (SSSR count). The Morgan fingerprint density at radius 2 is 1.71 bits per heavy atom. The summed E-state index contributed by atoms with van der Waals surface area (Å²) in [6.07, 6.45) is 1.38. The molecule has 48 heavy (non-hydrogen) atoms. The number of ether oxygens (including phenoxy) is 3. The number of aliphatic hydroxyl groups excluding tert-OH is 1. The maximum Gasteiger partial charge on any atom is 0.327 e. The zero-order chi connectivity index (χ0) is 33.6. The van der Waals surface area contributed by atoms with Crippen LogP contribution in [0.25, 0.3) is 6.08 Å². The maximum absolute atomic E-state index is 14.4. The lowest BCUT2D eigenvalue weighted by Crippen LogP contribution is -2.69. The molecule has 1 saturated carbocycles. The minimum Gasteiger partial charge on any atom is -0.458 e. The van der Waals surface area contributed by atoms with E-state index in [4.69, 9.17) is 24.2 Å². The van der Waals surface area contributed by atoms with Crippen molar-refractivity contribution in [3.8, 4) is 0 Å². The van der Waals surface area contributed by atoms with Gasteiger partial charge in [0.1, 0.15) is 29.8 Å². The molecule has 2 bridgehead atoms. The van der Waals surface area contributed by atoms with Crippen LogP contribution in [-0.2, 0) is 57.6 Å². The van der Waals surface area contributed by atoms with Gasteiger partial charge in [-0.1, -0.05) is 48.5 Å². The zero-order valence-corrected chi connectivity index (χ0v) is 26.9. The quantitative estimate of drug-likeness (QED) is 0.242. The number of esters is 1. The van der Waals surface area contributed by atoms with Crippen molar-refractivity contribution in [3.05, 3.63) is 76.9 Å². The molecule has 5 aliphatic rings. The van der Waals surface area contributed by atoms with Crippen LogP contribution in [0.3, 0.4) is 0 Å². The lowest BCUT2D eigenvalue weighted by atomic mass is 9.62. The molecule has 0 radical (unpaired) electrons. The van der Waals surface area contributed by atoms with Gasteiger partial charge >= 0.3 is 5.97 Å². The van der Waals surface area contributed by atoms with Crippen LogP contribution in [0.15, 0.2) is 54.6 Å². The van der Waals surface area contributed by atoms with Crippen LogP contribution in [0.2, 0.25) is 0 Å². The van der Waals surface area contributed by atoms with Gasteiger partial charge in [-0.15, -0.1) is 0 Å². The first-order valence-electron chi connectivity index (χ1n) is 16.3. The van der Waals surface area contributed by atoms with E-state index in [2.05, 4.69) is 10.6 Å². The van der Waals surface area contributed by atoms with Gasteiger partial charge in [0.15, 0.2) is 11.8 Å². The van der Waals surface area contributed by atoms with Gasteiger partial charge in [0.05, 0.1) is 13.2 Å². The van der Waals surface area contributed by atoms with Gasteiger partial charge in [-0.2, -0.15) is 5.06 Å². The smallest absolute Gasteiger partial charge is 0.327 e. The van der Waals surface area contributed by atoms with E-state index >= 15 is 0 Å². The molecule has 3 amide bonds. The molecule has 6 atom stereocenters. The molecule has 3 aliphatic heterocycles. The molecule has 1 spiro atoms. The van der Waals surface area contributed by atoms with Gasteiger partial charge < -0.3 is 34.9 Å². The first-order valence-corrected chi connectivity index (χ1v) is 16.3. The fraction of sp³-hybridized carbons (Fsp3) is 0.486. The largest absolute Gasteiger partial charge is 0.458 e. The van der Waals surface area contributed by atoms with Crippen LogP contribution in [0, 0.1) is 5.41 Å². The van der Waals surface area contributed by atoms with Crippen molar-refractivity contribution < 1.29 is 43.3 Å². The highest BCUT2D eigenvalue weighted by Crippen LogP contribution is 2.58.